The first kappa shape index (κ1) is 9.30. The van der Waals surface area contributed by atoms with Crippen LogP contribution in [0.1, 0.15) is 7.06 Å². The highest BCUT2D eigenvalue weighted by molar-refractivity contribution is 5.58. The quantitative estimate of drug-likeness (QED) is 0.790. The maximum atomic E-state index is 7.99. The Morgan fingerprint density at radius 2 is 2.19 bits per heavy atom. The molecule has 1 aromatic heterocycles. The minimum Gasteiger partial charge on any atom is -0.324 e. The van der Waals surface area contributed by atoms with Gasteiger partial charge in [-0.1, -0.05) is 30.3 Å². The number of benzene rings is 1. The number of nitrogens with zero attached hydrogens (tertiary/aromatic N) is 2. The van der Waals surface area contributed by atoms with Gasteiger partial charge in [-0.15, -0.1) is 0 Å². The summed E-state index contributed by atoms with van der Waals surface area (Å²) >= 11 is 0. The monoisotopic (exact) mass is 215 g/mol. The Morgan fingerprint density at radius 3 is 2.88 bits per heavy atom. The largest absolute Gasteiger partial charge is 0.324 e. The SMILES string of the molecule is [2H]c1c(C)nc(=NCN)[nH]c1-c1ccccc1. The summed E-state index contributed by atoms with van der Waals surface area (Å²) in [6.07, 6.45) is 0. The summed E-state index contributed by atoms with van der Waals surface area (Å²) < 4.78 is 7.99. The Morgan fingerprint density at radius 1 is 1.44 bits per heavy atom. The Labute approximate surface area is 95.3 Å². The maximum Gasteiger partial charge on any atom is 0.224 e. The first-order valence-electron chi connectivity index (χ1n) is 5.56. The van der Waals surface area contributed by atoms with Crippen LogP contribution in [0.2, 0.25) is 0 Å². The molecule has 0 aliphatic heterocycles. The lowest BCUT2D eigenvalue weighted by atomic mass is 10.1. The third kappa shape index (κ3) is 2.35. The van der Waals surface area contributed by atoms with Crippen molar-refractivity contribution < 1.29 is 1.37 Å². The molecule has 0 atom stereocenters. The van der Waals surface area contributed by atoms with E-state index in [1.807, 2.05) is 30.3 Å². The van der Waals surface area contributed by atoms with Crippen LogP contribution in [-0.2, 0) is 0 Å². The average molecular weight is 215 g/mol. The molecule has 0 aliphatic carbocycles. The first-order chi connectivity index (χ1) is 8.22. The number of aromatic amines is 1. The zero-order valence-corrected chi connectivity index (χ0v) is 9.07. The smallest absolute Gasteiger partial charge is 0.224 e. The Bertz CT molecular complexity index is 575. The van der Waals surface area contributed by atoms with E-state index in [1.54, 1.807) is 6.92 Å². The van der Waals surface area contributed by atoms with Crippen molar-refractivity contribution in [2.24, 2.45) is 10.7 Å². The fourth-order valence-electron chi connectivity index (χ4n) is 1.45. The second-order valence-corrected chi connectivity index (χ2v) is 3.35. The lowest BCUT2D eigenvalue weighted by Crippen LogP contribution is -2.17. The van der Waals surface area contributed by atoms with Crippen LogP contribution >= 0.6 is 0 Å². The number of H-pyrrole nitrogens is 1. The van der Waals surface area contributed by atoms with Crippen molar-refractivity contribution in [1.82, 2.24) is 9.97 Å². The molecule has 0 fully saturated rings. The summed E-state index contributed by atoms with van der Waals surface area (Å²) in [5.74, 6) is 0. The standard InChI is InChI=1S/C12H14N4/c1-9-7-11(10-5-3-2-4-6-10)16-12(15-9)14-8-13/h2-7H,8,13H2,1H3,(H,14,15,16)/i7D. The average Bonchev–Trinajstić information content (AvgIpc) is 2.35. The van der Waals surface area contributed by atoms with Crippen molar-refractivity contribution >= 4 is 0 Å². The van der Waals surface area contributed by atoms with E-state index in [0.29, 0.717) is 23.0 Å². The lowest BCUT2D eigenvalue weighted by molar-refractivity contribution is 0.897. The van der Waals surface area contributed by atoms with Crippen molar-refractivity contribution in [3.05, 3.63) is 47.7 Å². The Hall–Kier alpha value is -1.94. The summed E-state index contributed by atoms with van der Waals surface area (Å²) in [6, 6.07) is 10.1. The summed E-state index contributed by atoms with van der Waals surface area (Å²) in [7, 11) is 0. The Balaban J connectivity index is 2.65. The van der Waals surface area contributed by atoms with Crippen molar-refractivity contribution in [3.63, 3.8) is 0 Å². The van der Waals surface area contributed by atoms with E-state index in [0.717, 1.165) is 5.56 Å². The molecular formula is C12H14N4. The van der Waals surface area contributed by atoms with E-state index >= 15 is 0 Å². The van der Waals surface area contributed by atoms with E-state index in [-0.39, 0.29) is 6.67 Å². The van der Waals surface area contributed by atoms with Crippen molar-refractivity contribution in [1.29, 1.82) is 0 Å². The van der Waals surface area contributed by atoms with Crippen LogP contribution in [-0.4, -0.2) is 16.6 Å². The van der Waals surface area contributed by atoms with Gasteiger partial charge in [-0.3, -0.25) is 0 Å². The van der Waals surface area contributed by atoms with Gasteiger partial charge in [-0.05, 0) is 18.5 Å². The van der Waals surface area contributed by atoms with Crippen LogP contribution in [0.15, 0.2) is 41.4 Å². The van der Waals surface area contributed by atoms with Gasteiger partial charge in [0.05, 0.1) is 8.04 Å². The summed E-state index contributed by atoms with van der Waals surface area (Å²) in [5.41, 5.74) is 8.11. The second-order valence-electron chi connectivity index (χ2n) is 3.35. The molecule has 0 saturated heterocycles. The molecule has 0 spiro atoms. The molecule has 82 valence electrons. The van der Waals surface area contributed by atoms with Crippen LogP contribution in [0.3, 0.4) is 0 Å². The van der Waals surface area contributed by atoms with Gasteiger partial charge in [0.15, 0.2) is 0 Å². The molecule has 2 rings (SSSR count). The molecule has 0 amide bonds. The highest BCUT2D eigenvalue weighted by atomic mass is 15.0. The summed E-state index contributed by atoms with van der Waals surface area (Å²) in [4.78, 5) is 11.2. The molecule has 0 saturated carbocycles. The predicted octanol–water partition coefficient (Wildman–Crippen LogP) is 1.20. The van der Waals surface area contributed by atoms with Crippen LogP contribution < -0.4 is 11.4 Å². The van der Waals surface area contributed by atoms with Crippen molar-refractivity contribution in [3.8, 4) is 11.3 Å². The fraction of sp³-hybridized carbons (Fsp3) is 0.167. The fourth-order valence-corrected chi connectivity index (χ4v) is 1.45. The molecule has 16 heavy (non-hydrogen) atoms. The molecule has 0 aliphatic rings. The summed E-state index contributed by atoms with van der Waals surface area (Å²) in [5, 5.41) is 0. The van der Waals surface area contributed by atoms with E-state index in [4.69, 9.17) is 7.10 Å². The third-order valence-corrected chi connectivity index (χ3v) is 2.12. The molecular weight excluding hydrogens is 200 g/mol. The highest BCUT2D eigenvalue weighted by Crippen LogP contribution is 2.14. The van der Waals surface area contributed by atoms with Gasteiger partial charge >= 0.3 is 0 Å². The molecule has 0 bridgehead atoms. The van der Waals surface area contributed by atoms with Crippen LogP contribution in [0, 0.1) is 6.92 Å². The number of hydrogen-bond acceptors (Lipinski definition) is 3. The van der Waals surface area contributed by atoms with Gasteiger partial charge in [0.25, 0.3) is 0 Å². The van der Waals surface area contributed by atoms with E-state index in [1.165, 1.54) is 0 Å². The topological polar surface area (TPSA) is 67.1 Å². The minimum atomic E-state index is 0.175. The van der Waals surface area contributed by atoms with E-state index in [2.05, 4.69) is 15.0 Å². The molecule has 2 aromatic rings. The molecule has 0 unspecified atom stereocenters. The van der Waals surface area contributed by atoms with Crippen molar-refractivity contribution in [2.45, 2.75) is 6.92 Å². The first-order valence-corrected chi connectivity index (χ1v) is 5.06. The molecule has 4 nitrogen and oxygen atoms in total. The minimum absolute atomic E-state index is 0.175. The molecule has 1 heterocycles. The zero-order valence-electron chi connectivity index (χ0n) is 10.1. The van der Waals surface area contributed by atoms with E-state index in [9.17, 15) is 0 Å². The predicted molar refractivity (Wildman–Crippen MR) is 63.4 cm³/mol. The molecule has 0 radical (unpaired) electrons. The van der Waals surface area contributed by atoms with Gasteiger partial charge < -0.3 is 10.7 Å². The van der Waals surface area contributed by atoms with Crippen molar-refractivity contribution in [2.75, 3.05) is 6.67 Å². The van der Waals surface area contributed by atoms with Gasteiger partial charge in [0.2, 0.25) is 5.62 Å². The van der Waals surface area contributed by atoms with E-state index < -0.39 is 0 Å². The highest BCUT2D eigenvalue weighted by Gasteiger charge is 1.98. The lowest BCUT2D eigenvalue weighted by Gasteiger charge is -2.02. The van der Waals surface area contributed by atoms with Gasteiger partial charge in [-0.2, -0.15) is 0 Å². The van der Waals surface area contributed by atoms with Crippen LogP contribution in [0.25, 0.3) is 11.3 Å². The number of hydrogen-bond donors (Lipinski definition) is 2. The molecule has 1 aromatic carbocycles. The third-order valence-electron chi connectivity index (χ3n) is 2.12. The number of aryl methyl sites for hydroxylation is 1. The number of nitrogens with one attached hydrogen (secondary N) is 1. The van der Waals surface area contributed by atoms with Crippen LogP contribution in [0.5, 0.6) is 0 Å². The number of aromatic nitrogens is 2. The molecule has 3 N–H and O–H groups in total. The zero-order chi connectivity index (χ0) is 12.3. The maximum absolute atomic E-state index is 7.99. The van der Waals surface area contributed by atoms with Gasteiger partial charge in [0, 0.05) is 11.4 Å². The Kier molecular flexibility index (Phi) is 2.74. The normalized spacial score (nSPS) is 12.6. The number of nitrogens with two attached hydrogens (primary N) is 1. The second kappa shape index (κ2) is 4.72. The summed E-state index contributed by atoms with van der Waals surface area (Å²) in [6.45, 7) is 1.96. The van der Waals surface area contributed by atoms with Crippen LogP contribution in [0.4, 0.5) is 0 Å². The van der Waals surface area contributed by atoms with Gasteiger partial charge in [-0.25, -0.2) is 9.98 Å². The van der Waals surface area contributed by atoms with Gasteiger partial charge in [0.1, 0.15) is 0 Å². The molecule has 4 heteroatoms. The number of rotatable bonds is 2.